The quantitative estimate of drug-likeness (QED) is 0.207. The second-order valence-corrected chi connectivity index (χ2v) is 9.75. The first kappa shape index (κ1) is 24.9. The van der Waals surface area contributed by atoms with Gasteiger partial charge in [0.1, 0.15) is 5.75 Å². The summed E-state index contributed by atoms with van der Waals surface area (Å²) in [6.45, 7) is 3.15. The highest BCUT2D eigenvalue weighted by molar-refractivity contribution is 7.98. The van der Waals surface area contributed by atoms with E-state index in [4.69, 9.17) is 21.3 Å². The molecule has 3 aromatic carbocycles. The summed E-state index contributed by atoms with van der Waals surface area (Å²) in [7, 11) is 0. The summed E-state index contributed by atoms with van der Waals surface area (Å²) < 4.78 is 7.61. The summed E-state index contributed by atoms with van der Waals surface area (Å²) in [5.41, 5.74) is 5.37. The third kappa shape index (κ3) is 6.13. The van der Waals surface area contributed by atoms with E-state index < -0.39 is 0 Å². The summed E-state index contributed by atoms with van der Waals surface area (Å²) in [5.74, 6) is 1.37. The van der Waals surface area contributed by atoms with Crippen LogP contribution in [0.3, 0.4) is 0 Å². The fourth-order valence-corrected chi connectivity index (χ4v) is 5.10. The van der Waals surface area contributed by atoms with Crippen molar-refractivity contribution >= 4 is 46.0 Å². The molecule has 37 heavy (non-hydrogen) atoms. The Bertz CT molecular complexity index is 1520. The molecule has 1 amide bonds. The number of nitrogens with one attached hydrogen (secondary N) is 1. The molecule has 1 N–H and O–H groups in total. The molecule has 0 spiro atoms. The van der Waals surface area contributed by atoms with Gasteiger partial charge in [0, 0.05) is 28.2 Å². The Morgan fingerprint density at radius 3 is 2.59 bits per heavy atom. The lowest BCUT2D eigenvalue weighted by molar-refractivity contribution is 0.102. The van der Waals surface area contributed by atoms with Crippen LogP contribution in [0.5, 0.6) is 5.75 Å². The van der Waals surface area contributed by atoms with Crippen LogP contribution in [0.25, 0.3) is 11.0 Å². The van der Waals surface area contributed by atoms with Crippen molar-refractivity contribution in [2.45, 2.75) is 24.4 Å². The number of hydrogen-bond donors (Lipinski definition) is 1. The maximum atomic E-state index is 12.7. The molecule has 5 aromatic rings. The number of thioether (sulfide) groups is 1. The van der Waals surface area contributed by atoms with Crippen molar-refractivity contribution in [3.63, 3.8) is 0 Å². The number of imidazole rings is 1. The van der Waals surface area contributed by atoms with Gasteiger partial charge in [0.15, 0.2) is 5.16 Å². The van der Waals surface area contributed by atoms with Crippen LogP contribution in [0.4, 0.5) is 5.69 Å². The van der Waals surface area contributed by atoms with Crippen molar-refractivity contribution in [3.8, 4) is 5.75 Å². The predicted molar refractivity (Wildman–Crippen MR) is 150 cm³/mol. The van der Waals surface area contributed by atoms with Gasteiger partial charge in [-0.15, -0.1) is 0 Å². The highest BCUT2D eigenvalue weighted by atomic mass is 35.5. The van der Waals surface area contributed by atoms with Crippen LogP contribution in [-0.2, 0) is 12.3 Å². The van der Waals surface area contributed by atoms with Gasteiger partial charge in [0.2, 0.25) is 0 Å². The Balaban J connectivity index is 1.30. The van der Waals surface area contributed by atoms with Gasteiger partial charge < -0.3 is 14.6 Å². The van der Waals surface area contributed by atoms with E-state index in [2.05, 4.69) is 20.9 Å². The number of amides is 1. The second-order valence-electron chi connectivity index (χ2n) is 8.37. The van der Waals surface area contributed by atoms with Crippen LogP contribution in [0, 0.1) is 0 Å². The van der Waals surface area contributed by atoms with Crippen LogP contribution in [0.1, 0.15) is 28.4 Å². The second kappa shape index (κ2) is 11.5. The SMILES string of the molecule is CCOc1ccc(NC(=O)c2ccc(Cn3c(SCc4cccc(Cl)c4)nc4ccncc43)cc2)cc1. The summed E-state index contributed by atoms with van der Waals surface area (Å²) in [6.07, 6.45) is 3.59. The molecular weight excluding hydrogens is 504 g/mol. The Kier molecular flexibility index (Phi) is 7.73. The molecule has 8 heteroatoms. The Morgan fingerprint density at radius 2 is 1.84 bits per heavy atom. The van der Waals surface area contributed by atoms with Crippen molar-refractivity contribution in [2.75, 3.05) is 11.9 Å². The number of halogens is 1. The van der Waals surface area contributed by atoms with Gasteiger partial charge in [-0.1, -0.05) is 47.6 Å². The summed E-state index contributed by atoms with van der Waals surface area (Å²) in [6, 6.07) is 24.8. The molecule has 0 fully saturated rings. The van der Waals surface area contributed by atoms with Crippen molar-refractivity contribution in [1.29, 1.82) is 0 Å². The molecule has 0 aliphatic rings. The third-order valence-corrected chi connectivity index (χ3v) is 7.04. The number of fused-ring (bicyclic) bond motifs is 1. The lowest BCUT2D eigenvalue weighted by atomic mass is 10.1. The Hall–Kier alpha value is -3.81. The van der Waals surface area contributed by atoms with E-state index in [1.165, 1.54) is 0 Å². The third-order valence-electron chi connectivity index (χ3n) is 5.75. The number of anilines is 1. The molecule has 6 nitrogen and oxygen atoms in total. The molecule has 0 radical (unpaired) electrons. The molecule has 0 atom stereocenters. The predicted octanol–water partition coefficient (Wildman–Crippen LogP) is 7.08. The zero-order valence-corrected chi connectivity index (χ0v) is 21.8. The fraction of sp³-hybridized carbons (Fsp3) is 0.138. The van der Waals surface area contributed by atoms with Gasteiger partial charge in [-0.3, -0.25) is 9.78 Å². The van der Waals surface area contributed by atoms with Crippen molar-refractivity contribution in [3.05, 3.63) is 113 Å². The van der Waals surface area contributed by atoms with Gasteiger partial charge in [-0.05, 0) is 72.6 Å². The number of benzene rings is 3. The highest BCUT2D eigenvalue weighted by Gasteiger charge is 2.13. The molecule has 0 aliphatic heterocycles. The number of ether oxygens (including phenoxy) is 1. The molecule has 5 rings (SSSR count). The molecule has 0 unspecified atom stereocenters. The van der Waals surface area contributed by atoms with Crippen molar-refractivity contribution in [2.24, 2.45) is 0 Å². The van der Waals surface area contributed by atoms with E-state index in [9.17, 15) is 4.79 Å². The Labute approximate surface area is 224 Å². The number of carbonyl (C=O) groups excluding carboxylic acids is 1. The zero-order chi connectivity index (χ0) is 25.6. The number of carbonyl (C=O) groups is 1. The molecule has 0 saturated heterocycles. The van der Waals surface area contributed by atoms with E-state index in [1.54, 1.807) is 18.0 Å². The lowest BCUT2D eigenvalue weighted by Gasteiger charge is -2.11. The van der Waals surface area contributed by atoms with Crippen molar-refractivity contribution < 1.29 is 9.53 Å². The standard InChI is InChI=1S/C29H25ClN4O2S/c1-2-36-25-12-10-24(11-13-25)32-28(35)22-8-6-20(7-9-22)18-34-27-17-31-15-14-26(27)33-29(34)37-19-21-4-3-5-23(30)16-21/h3-17H,2,18-19H2,1H3,(H,32,35). The number of hydrogen-bond acceptors (Lipinski definition) is 5. The van der Waals surface area contributed by atoms with Crippen molar-refractivity contribution in [1.82, 2.24) is 14.5 Å². The summed E-state index contributed by atoms with van der Waals surface area (Å²) >= 11 is 7.82. The maximum Gasteiger partial charge on any atom is 0.255 e. The first-order valence-electron chi connectivity index (χ1n) is 11.9. The minimum Gasteiger partial charge on any atom is -0.494 e. The van der Waals surface area contributed by atoms with E-state index in [0.29, 0.717) is 18.7 Å². The monoisotopic (exact) mass is 528 g/mol. The number of aromatic nitrogens is 3. The van der Waals surface area contributed by atoms with E-state index in [-0.39, 0.29) is 5.91 Å². The van der Waals surface area contributed by atoms with Gasteiger partial charge >= 0.3 is 0 Å². The summed E-state index contributed by atoms with van der Waals surface area (Å²) in [5, 5.41) is 4.56. The highest BCUT2D eigenvalue weighted by Crippen LogP contribution is 2.28. The fourth-order valence-electron chi connectivity index (χ4n) is 3.93. The van der Waals surface area contributed by atoms with Gasteiger partial charge in [0.25, 0.3) is 5.91 Å². The molecule has 0 aliphatic carbocycles. The largest absolute Gasteiger partial charge is 0.494 e. The minimum absolute atomic E-state index is 0.161. The van der Waals surface area contributed by atoms with Gasteiger partial charge in [0.05, 0.1) is 30.4 Å². The molecule has 2 aromatic heterocycles. The van der Waals surface area contributed by atoms with E-state index in [1.807, 2.05) is 85.9 Å². The molecule has 186 valence electrons. The maximum absolute atomic E-state index is 12.7. The molecular formula is C29H25ClN4O2S. The van der Waals surface area contributed by atoms with Crippen LogP contribution < -0.4 is 10.1 Å². The minimum atomic E-state index is -0.161. The van der Waals surface area contributed by atoms with Crippen LogP contribution >= 0.6 is 23.4 Å². The topological polar surface area (TPSA) is 69.0 Å². The average molecular weight is 529 g/mol. The first-order valence-corrected chi connectivity index (χ1v) is 13.3. The number of pyridine rings is 1. The van der Waals surface area contributed by atoms with Crippen LogP contribution in [0.2, 0.25) is 5.02 Å². The van der Waals surface area contributed by atoms with Gasteiger partial charge in [-0.25, -0.2) is 4.98 Å². The normalized spacial score (nSPS) is 11.0. The summed E-state index contributed by atoms with van der Waals surface area (Å²) in [4.78, 5) is 21.9. The first-order chi connectivity index (χ1) is 18.1. The van der Waals surface area contributed by atoms with E-state index >= 15 is 0 Å². The molecule has 0 bridgehead atoms. The van der Waals surface area contributed by atoms with Crippen LogP contribution in [-0.4, -0.2) is 27.0 Å². The number of rotatable bonds is 9. The zero-order valence-electron chi connectivity index (χ0n) is 20.2. The smallest absolute Gasteiger partial charge is 0.255 e. The molecule has 2 heterocycles. The number of nitrogens with zero attached hydrogens (tertiary/aromatic N) is 3. The Morgan fingerprint density at radius 1 is 1.03 bits per heavy atom. The molecule has 0 saturated carbocycles. The average Bonchev–Trinajstić information content (AvgIpc) is 3.26. The lowest BCUT2D eigenvalue weighted by Crippen LogP contribution is -2.12. The van der Waals surface area contributed by atoms with Gasteiger partial charge in [-0.2, -0.15) is 0 Å². The van der Waals surface area contributed by atoms with Crippen LogP contribution in [0.15, 0.2) is 96.4 Å². The van der Waals surface area contributed by atoms with E-state index in [0.717, 1.165) is 49.5 Å².